The summed E-state index contributed by atoms with van der Waals surface area (Å²) in [6.07, 6.45) is 4.55. The molecular weight excluding hydrogens is 340 g/mol. The number of rotatable bonds is 2. The molecule has 0 unspecified atom stereocenters. The van der Waals surface area contributed by atoms with Crippen LogP contribution in [-0.2, 0) is 9.53 Å². The third-order valence-corrected chi connectivity index (χ3v) is 5.03. The molecule has 2 aromatic rings. The number of nitrogens with two attached hydrogens (primary N) is 1. The second-order valence-electron chi connectivity index (χ2n) is 7.76. The predicted molar refractivity (Wildman–Crippen MR) is 99.3 cm³/mol. The molecule has 2 N–H and O–H groups in total. The maximum absolute atomic E-state index is 12.9. The second-order valence-corrected chi connectivity index (χ2v) is 7.76. The molecule has 0 fully saturated rings. The van der Waals surface area contributed by atoms with E-state index in [1.165, 1.54) is 0 Å². The van der Waals surface area contributed by atoms with Crippen molar-refractivity contribution in [3.05, 3.63) is 71.1 Å². The summed E-state index contributed by atoms with van der Waals surface area (Å²) in [4.78, 5) is 12.9. The van der Waals surface area contributed by atoms with Gasteiger partial charge in [0.05, 0.1) is 17.8 Å². The minimum Gasteiger partial charge on any atom is -0.444 e. The van der Waals surface area contributed by atoms with Crippen LogP contribution in [0.15, 0.2) is 65.5 Å². The van der Waals surface area contributed by atoms with E-state index in [0.717, 1.165) is 11.3 Å². The van der Waals surface area contributed by atoms with E-state index in [0.29, 0.717) is 24.2 Å². The van der Waals surface area contributed by atoms with Crippen LogP contribution >= 0.6 is 0 Å². The van der Waals surface area contributed by atoms with Gasteiger partial charge in [-0.1, -0.05) is 32.0 Å². The summed E-state index contributed by atoms with van der Waals surface area (Å²) < 4.78 is 7.44. The molecule has 1 aromatic heterocycles. The van der Waals surface area contributed by atoms with Crippen LogP contribution in [0.25, 0.3) is 5.69 Å². The van der Waals surface area contributed by atoms with Gasteiger partial charge in [-0.2, -0.15) is 10.4 Å². The Morgan fingerprint density at radius 1 is 1.30 bits per heavy atom. The number of carbonyl (C=O) groups is 1. The van der Waals surface area contributed by atoms with Crippen molar-refractivity contribution in [2.45, 2.75) is 32.6 Å². The Bertz CT molecular complexity index is 1020. The highest BCUT2D eigenvalue weighted by molar-refractivity contribution is 6.00. The van der Waals surface area contributed by atoms with Crippen LogP contribution in [0.1, 0.15) is 38.2 Å². The maximum Gasteiger partial charge on any atom is 0.205 e. The largest absolute Gasteiger partial charge is 0.444 e. The number of nitrogens with zero attached hydrogens (tertiary/aromatic N) is 3. The molecule has 0 saturated carbocycles. The summed E-state index contributed by atoms with van der Waals surface area (Å²) in [6, 6.07) is 11.8. The van der Waals surface area contributed by atoms with Crippen molar-refractivity contribution in [2.75, 3.05) is 0 Å². The third kappa shape index (κ3) is 2.91. The molecule has 2 heterocycles. The number of nitriles is 1. The van der Waals surface area contributed by atoms with Crippen molar-refractivity contribution >= 4 is 5.78 Å². The van der Waals surface area contributed by atoms with E-state index in [4.69, 9.17) is 10.5 Å². The van der Waals surface area contributed by atoms with Gasteiger partial charge < -0.3 is 10.5 Å². The van der Waals surface area contributed by atoms with Gasteiger partial charge in [0, 0.05) is 30.2 Å². The number of allylic oxidation sites excluding steroid dienone is 3. The van der Waals surface area contributed by atoms with Crippen LogP contribution in [0.2, 0.25) is 0 Å². The fourth-order valence-electron chi connectivity index (χ4n) is 3.83. The fourth-order valence-corrected chi connectivity index (χ4v) is 3.83. The number of hydrogen-bond acceptors (Lipinski definition) is 5. The lowest BCUT2D eigenvalue weighted by Crippen LogP contribution is -2.33. The summed E-state index contributed by atoms with van der Waals surface area (Å²) in [5.74, 6) is 0.100. The zero-order valence-corrected chi connectivity index (χ0v) is 15.3. The van der Waals surface area contributed by atoms with Crippen LogP contribution in [0.3, 0.4) is 0 Å². The van der Waals surface area contributed by atoms with Crippen molar-refractivity contribution in [3.8, 4) is 11.8 Å². The van der Waals surface area contributed by atoms with Gasteiger partial charge in [-0.05, 0) is 17.5 Å². The van der Waals surface area contributed by atoms with Crippen molar-refractivity contribution in [3.63, 3.8) is 0 Å². The highest BCUT2D eigenvalue weighted by Crippen LogP contribution is 2.47. The van der Waals surface area contributed by atoms with E-state index >= 15 is 0 Å². The fraction of sp³-hybridized carbons (Fsp3) is 0.286. The van der Waals surface area contributed by atoms with Crippen molar-refractivity contribution in [1.29, 1.82) is 5.26 Å². The van der Waals surface area contributed by atoms with Gasteiger partial charge in [-0.25, -0.2) is 4.68 Å². The van der Waals surface area contributed by atoms with Crippen molar-refractivity contribution in [2.24, 2.45) is 11.1 Å². The van der Waals surface area contributed by atoms with Gasteiger partial charge in [0.25, 0.3) is 0 Å². The normalized spacial score (nSPS) is 21.5. The molecule has 0 bridgehead atoms. The minimum atomic E-state index is -0.542. The first kappa shape index (κ1) is 17.1. The molecule has 0 spiro atoms. The summed E-state index contributed by atoms with van der Waals surface area (Å²) >= 11 is 0. The Labute approximate surface area is 157 Å². The third-order valence-electron chi connectivity index (χ3n) is 5.03. The Morgan fingerprint density at radius 2 is 2.04 bits per heavy atom. The molecular formula is C21H20N4O2. The van der Waals surface area contributed by atoms with E-state index in [2.05, 4.69) is 11.2 Å². The second kappa shape index (κ2) is 6.13. The number of aromatic nitrogens is 2. The van der Waals surface area contributed by atoms with E-state index < -0.39 is 5.92 Å². The van der Waals surface area contributed by atoms with Crippen molar-refractivity contribution in [1.82, 2.24) is 9.78 Å². The van der Waals surface area contributed by atoms with E-state index in [9.17, 15) is 10.1 Å². The first-order valence-corrected chi connectivity index (χ1v) is 8.83. The Balaban J connectivity index is 1.83. The lowest BCUT2D eigenvalue weighted by Gasteiger charge is -2.36. The van der Waals surface area contributed by atoms with E-state index in [-0.39, 0.29) is 22.7 Å². The number of ketones is 1. The van der Waals surface area contributed by atoms with E-state index in [1.807, 2.05) is 50.4 Å². The molecule has 4 rings (SSSR count). The zero-order chi connectivity index (χ0) is 19.2. The number of ether oxygens (including phenoxy) is 1. The van der Waals surface area contributed by atoms with Crippen LogP contribution < -0.4 is 5.73 Å². The molecule has 27 heavy (non-hydrogen) atoms. The highest BCUT2D eigenvalue weighted by Gasteiger charge is 2.43. The molecule has 2 aliphatic rings. The molecule has 0 radical (unpaired) electrons. The number of hydrogen-bond donors (Lipinski definition) is 1. The molecule has 6 nitrogen and oxygen atoms in total. The summed E-state index contributed by atoms with van der Waals surface area (Å²) in [6.45, 7) is 4.06. The minimum absolute atomic E-state index is 0.000962. The summed E-state index contributed by atoms with van der Waals surface area (Å²) in [5.41, 5.74) is 8.29. The first-order valence-electron chi connectivity index (χ1n) is 8.83. The molecule has 1 aliphatic carbocycles. The Kier molecular flexibility index (Phi) is 3.88. The standard InChI is InChI=1S/C21H20N4O2/c1-21(2)8-16(26)19-17(9-21)27-20(23)15(10-22)18(19)13-11-24-25(12-13)14-6-4-3-5-7-14/h3-7,11-12,18H,8-9,23H2,1-2H3/t18-/m1/s1. The maximum atomic E-state index is 12.9. The average Bonchev–Trinajstić information content (AvgIpc) is 3.10. The van der Waals surface area contributed by atoms with Gasteiger partial charge >= 0.3 is 0 Å². The van der Waals surface area contributed by atoms with Gasteiger partial charge in [0.2, 0.25) is 5.88 Å². The molecule has 1 aromatic carbocycles. The van der Waals surface area contributed by atoms with Gasteiger partial charge in [0.1, 0.15) is 17.4 Å². The summed E-state index contributed by atoms with van der Waals surface area (Å²) in [5, 5.41) is 14.1. The van der Waals surface area contributed by atoms with E-state index in [1.54, 1.807) is 10.9 Å². The molecule has 1 atom stereocenters. The first-order chi connectivity index (χ1) is 12.9. The predicted octanol–water partition coefficient (Wildman–Crippen LogP) is 3.32. The molecule has 136 valence electrons. The number of benzene rings is 1. The average molecular weight is 360 g/mol. The molecule has 1 aliphatic heterocycles. The summed E-state index contributed by atoms with van der Waals surface area (Å²) in [7, 11) is 0. The van der Waals surface area contributed by atoms with Crippen LogP contribution in [0.5, 0.6) is 0 Å². The molecule has 0 saturated heterocycles. The molecule has 6 heteroatoms. The van der Waals surface area contributed by atoms with Crippen LogP contribution in [0.4, 0.5) is 0 Å². The molecule has 0 amide bonds. The number of carbonyl (C=O) groups excluding carboxylic acids is 1. The monoisotopic (exact) mass is 360 g/mol. The smallest absolute Gasteiger partial charge is 0.205 e. The number of para-hydroxylation sites is 1. The number of Topliss-reactive ketones (excluding diaryl/α,β-unsaturated/α-hetero) is 1. The Hall–Kier alpha value is -3.33. The van der Waals surface area contributed by atoms with Gasteiger partial charge in [0.15, 0.2) is 5.78 Å². The van der Waals surface area contributed by atoms with Gasteiger partial charge in [-0.15, -0.1) is 0 Å². The Morgan fingerprint density at radius 3 is 2.74 bits per heavy atom. The van der Waals surface area contributed by atoms with Crippen LogP contribution in [-0.4, -0.2) is 15.6 Å². The highest BCUT2D eigenvalue weighted by atomic mass is 16.5. The quantitative estimate of drug-likeness (QED) is 0.886. The zero-order valence-electron chi connectivity index (χ0n) is 15.3. The van der Waals surface area contributed by atoms with Crippen molar-refractivity contribution < 1.29 is 9.53 Å². The topological polar surface area (TPSA) is 93.9 Å². The SMILES string of the molecule is CC1(C)CC(=O)C2=C(C1)OC(N)=C(C#N)[C@H]2c1cnn(-c2ccccc2)c1. The van der Waals surface area contributed by atoms with Gasteiger partial charge in [-0.3, -0.25) is 4.79 Å². The lowest BCUT2D eigenvalue weighted by atomic mass is 9.70. The lowest BCUT2D eigenvalue weighted by molar-refractivity contribution is -0.119. The van der Waals surface area contributed by atoms with Crippen LogP contribution in [0, 0.1) is 16.7 Å².